The first-order valence-corrected chi connectivity index (χ1v) is 11.7. The number of pyridine rings is 1. The van der Waals surface area contributed by atoms with Crippen molar-refractivity contribution in [2.75, 3.05) is 12.3 Å². The molecule has 0 spiro atoms. The molecule has 196 valence electrons. The molecule has 38 heavy (non-hydrogen) atoms. The lowest BCUT2D eigenvalue weighted by atomic mass is 10.0. The molecule has 9 nitrogen and oxygen atoms in total. The Morgan fingerprint density at radius 3 is 2.66 bits per heavy atom. The highest BCUT2D eigenvalue weighted by Gasteiger charge is 2.30. The van der Waals surface area contributed by atoms with Crippen molar-refractivity contribution in [3.8, 4) is 28.3 Å². The first-order chi connectivity index (χ1) is 18.1. The van der Waals surface area contributed by atoms with Crippen LogP contribution in [0, 0.1) is 13.8 Å². The van der Waals surface area contributed by atoms with Gasteiger partial charge in [-0.25, -0.2) is 15.0 Å². The number of halogens is 3. The van der Waals surface area contributed by atoms with E-state index in [0.29, 0.717) is 45.1 Å². The number of hydrogen-bond acceptors (Lipinski definition) is 8. The molecule has 0 bridgehead atoms. The second kappa shape index (κ2) is 9.78. The average Bonchev–Trinajstić information content (AvgIpc) is 3.47. The number of nitrogens with zero attached hydrogens (tertiary/aromatic N) is 4. The van der Waals surface area contributed by atoms with E-state index < -0.39 is 17.8 Å². The molecule has 1 aromatic carbocycles. The predicted octanol–water partition coefficient (Wildman–Crippen LogP) is 4.84. The normalized spacial score (nSPS) is 12.7. The molecule has 5 rings (SSSR count). The molecule has 0 aliphatic rings. The van der Waals surface area contributed by atoms with Crippen molar-refractivity contribution in [3.63, 3.8) is 0 Å². The van der Waals surface area contributed by atoms with Crippen LogP contribution in [0.1, 0.15) is 22.6 Å². The highest BCUT2D eigenvalue weighted by molar-refractivity contribution is 5.85. The van der Waals surface area contributed by atoms with E-state index in [1.807, 2.05) is 13.8 Å². The van der Waals surface area contributed by atoms with Crippen LogP contribution in [0.5, 0.6) is 5.75 Å². The van der Waals surface area contributed by atoms with Crippen LogP contribution in [0.25, 0.3) is 33.7 Å². The van der Waals surface area contributed by atoms with E-state index in [4.69, 9.17) is 25.6 Å². The van der Waals surface area contributed by atoms with Crippen LogP contribution < -0.4 is 16.2 Å². The van der Waals surface area contributed by atoms with Gasteiger partial charge in [0.05, 0.1) is 35.1 Å². The number of fused-ring (bicyclic) bond motifs is 1. The third kappa shape index (κ3) is 5.02. The van der Waals surface area contributed by atoms with Crippen LogP contribution in [0.15, 0.2) is 53.3 Å². The fourth-order valence-electron chi connectivity index (χ4n) is 4.13. The summed E-state index contributed by atoms with van der Waals surface area (Å²) in [6.45, 7) is 3.63. The van der Waals surface area contributed by atoms with Crippen LogP contribution in [0.4, 0.5) is 19.0 Å². The summed E-state index contributed by atoms with van der Waals surface area (Å²) in [7, 11) is 0. The maximum absolute atomic E-state index is 13.0. The lowest BCUT2D eigenvalue weighted by Gasteiger charge is -2.17. The maximum atomic E-state index is 13.0. The second-order valence-corrected chi connectivity index (χ2v) is 8.89. The number of furan rings is 1. The third-order valence-electron chi connectivity index (χ3n) is 6.05. The second-order valence-electron chi connectivity index (χ2n) is 8.89. The first-order valence-electron chi connectivity index (χ1n) is 11.7. The molecular weight excluding hydrogens is 499 g/mol. The zero-order valence-corrected chi connectivity index (χ0v) is 20.5. The van der Waals surface area contributed by atoms with Crippen molar-refractivity contribution in [1.82, 2.24) is 25.1 Å². The standard InChI is InChI=1S/C26H24F3N7O2/c1-13-22-25(36-35-13)32-11-20(33-22)19-10-21(24(31)34-23(19)18-6-7-37-14(18)2)38-12-17(30)9-15-4-3-5-16(8-15)26(27,28)29/h3-8,10-11,17H,9,12,30H2,1-2H3,(H2,31,34)(H,32,35,36)/t17-/m1/s1. The topological polar surface area (TPSA) is 142 Å². The van der Waals surface area contributed by atoms with Crippen molar-refractivity contribution in [2.24, 2.45) is 5.73 Å². The number of nitrogens with one attached hydrogen (secondary N) is 1. The number of H-pyrrole nitrogens is 1. The van der Waals surface area contributed by atoms with Crippen LogP contribution in [0.3, 0.4) is 0 Å². The van der Waals surface area contributed by atoms with Gasteiger partial charge in [-0.15, -0.1) is 0 Å². The quantitative estimate of drug-likeness (QED) is 0.275. The number of ether oxygens (including phenoxy) is 1. The predicted molar refractivity (Wildman–Crippen MR) is 135 cm³/mol. The Labute approximate surface area is 215 Å². The number of nitrogen functional groups attached to an aromatic ring is 1. The number of aromatic nitrogens is 5. The van der Waals surface area contributed by atoms with E-state index in [0.717, 1.165) is 17.7 Å². The first kappa shape index (κ1) is 25.2. The number of nitrogens with two attached hydrogens (primary N) is 2. The highest BCUT2D eigenvalue weighted by atomic mass is 19.4. The molecule has 0 fully saturated rings. The van der Waals surface area contributed by atoms with Gasteiger partial charge in [-0.1, -0.05) is 18.2 Å². The van der Waals surface area contributed by atoms with Crippen molar-refractivity contribution < 1.29 is 22.3 Å². The van der Waals surface area contributed by atoms with E-state index in [9.17, 15) is 13.2 Å². The fourth-order valence-corrected chi connectivity index (χ4v) is 4.13. The number of alkyl halides is 3. The zero-order valence-electron chi connectivity index (χ0n) is 20.5. The van der Waals surface area contributed by atoms with Crippen molar-refractivity contribution in [2.45, 2.75) is 32.5 Å². The van der Waals surface area contributed by atoms with Crippen molar-refractivity contribution >= 4 is 17.0 Å². The van der Waals surface area contributed by atoms with Gasteiger partial charge >= 0.3 is 6.18 Å². The minimum absolute atomic E-state index is 0.00278. The lowest BCUT2D eigenvalue weighted by molar-refractivity contribution is -0.137. The fraction of sp³-hybridized carbons (Fsp3) is 0.231. The summed E-state index contributed by atoms with van der Waals surface area (Å²) < 4.78 is 50.5. The third-order valence-corrected chi connectivity index (χ3v) is 6.05. The van der Waals surface area contributed by atoms with Crippen molar-refractivity contribution in [3.05, 3.63) is 71.4 Å². The molecule has 4 aromatic heterocycles. The molecule has 0 aliphatic heterocycles. The number of hydrogen-bond donors (Lipinski definition) is 3. The molecular formula is C26H24F3N7O2. The number of aryl methyl sites for hydroxylation is 2. The Kier molecular flexibility index (Phi) is 6.49. The molecule has 12 heteroatoms. The van der Waals surface area contributed by atoms with E-state index in [1.54, 1.807) is 30.7 Å². The van der Waals surface area contributed by atoms with Gasteiger partial charge in [0.25, 0.3) is 0 Å². The Bertz CT molecular complexity index is 1610. The lowest BCUT2D eigenvalue weighted by Crippen LogP contribution is -2.30. The summed E-state index contributed by atoms with van der Waals surface area (Å²) in [6, 6.07) is 7.94. The molecule has 0 aliphatic carbocycles. The summed E-state index contributed by atoms with van der Waals surface area (Å²) in [5.74, 6) is 1.02. The van der Waals surface area contributed by atoms with Crippen LogP contribution >= 0.6 is 0 Å². The molecule has 0 unspecified atom stereocenters. The van der Waals surface area contributed by atoms with Gasteiger partial charge in [0, 0.05) is 17.2 Å². The van der Waals surface area contributed by atoms with E-state index in [1.165, 1.54) is 6.07 Å². The average molecular weight is 524 g/mol. The number of anilines is 1. The minimum atomic E-state index is -4.43. The van der Waals surface area contributed by atoms with Gasteiger partial charge in [-0.05, 0) is 44.0 Å². The Morgan fingerprint density at radius 2 is 1.92 bits per heavy atom. The van der Waals surface area contributed by atoms with Gasteiger partial charge in [0.2, 0.25) is 0 Å². The summed E-state index contributed by atoms with van der Waals surface area (Å²) in [6.07, 6.45) is -1.10. The number of benzene rings is 1. The molecule has 0 saturated heterocycles. The Morgan fingerprint density at radius 1 is 1.11 bits per heavy atom. The van der Waals surface area contributed by atoms with Crippen LogP contribution in [-0.4, -0.2) is 37.8 Å². The van der Waals surface area contributed by atoms with E-state index in [-0.39, 0.29) is 24.6 Å². The van der Waals surface area contributed by atoms with Gasteiger partial charge in [0.1, 0.15) is 17.9 Å². The summed E-state index contributed by atoms with van der Waals surface area (Å²) in [4.78, 5) is 13.7. The highest BCUT2D eigenvalue weighted by Crippen LogP contribution is 2.37. The minimum Gasteiger partial charge on any atom is -0.488 e. The molecule has 5 N–H and O–H groups in total. The summed E-state index contributed by atoms with van der Waals surface area (Å²) in [5, 5.41) is 6.98. The smallest absolute Gasteiger partial charge is 0.416 e. The van der Waals surface area contributed by atoms with Gasteiger partial charge in [0.15, 0.2) is 17.2 Å². The van der Waals surface area contributed by atoms with Crippen LogP contribution in [-0.2, 0) is 12.6 Å². The molecule has 0 radical (unpaired) electrons. The van der Waals surface area contributed by atoms with Gasteiger partial charge < -0.3 is 20.6 Å². The number of rotatable bonds is 7. The molecule has 5 aromatic rings. The zero-order chi connectivity index (χ0) is 27.0. The van der Waals surface area contributed by atoms with Gasteiger partial charge in [-0.3, -0.25) is 5.10 Å². The van der Waals surface area contributed by atoms with Crippen molar-refractivity contribution in [1.29, 1.82) is 0 Å². The largest absolute Gasteiger partial charge is 0.488 e. The van der Waals surface area contributed by atoms with E-state index in [2.05, 4.69) is 20.2 Å². The molecule has 1 atom stereocenters. The maximum Gasteiger partial charge on any atom is 0.416 e. The Hall–Kier alpha value is -4.45. The molecule has 0 saturated carbocycles. The van der Waals surface area contributed by atoms with E-state index >= 15 is 0 Å². The summed E-state index contributed by atoms with van der Waals surface area (Å²) in [5.41, 5.74) is 16.4. The Balaban J connectivity index is 1.44. The molecule has 0 amide bonds. The van der Waals surface area contributed by atoms with Gasteiger partial charge in [-0.2, -0.15) is 18.3 Å². The number of aromatic amines is 1. The monoisotopic (exact) mass is 523 g/mol. The SMILES string of the molecule is Cc1occc1-c1nc(N)c(OC[C@H](N)Cc2cccc(C(F)(F)F)c2)cc1-c1cnc2[nH]nc(C)c2n1. The summed E-state index contributed by atoms with van der Waals surface area (Å²) >= 11 is 0. The molecule has 4 heterocycles. The van der Waals surface area contributed by atoms with Crippen LogP contribution in [0.2, 0.25) is 0 Å².